The summed E-state index contributed by atoms with van der Waals surface area (Å²) in [7, 11) is 0. The second-order valence-electron chi connectivity index (χ2n) is 3.73. The van der Waals surface area contributed by atoms with E-state index in [0.717, 1.165) is 20.5 Å². The van der Waals surface area contributed by atoms with Crippen LogP contribution in [-0.4, -0.2) is 0 Å². The van der Waals surface area contributed by atoms with Crippen molar-refractivity contribution in [2.24, 2.45) is 0 Å². The van der Waals surface area contributed by atoms with Gasteiger partial charge in [0.15, 0.2) is 11.9 Å². The lowest BCUT2D eigenvalue weighted by atomic mass is 9.97. The summed E-state index contributed by atoms with van der Waals surface area (Å²) < 4.78 is 1.95. The van der Waals surface area contributed by atoms with E-state index in [1.165, 1.54) is 6.20 Å². The maximum Gasteiger partial charge on any atom is 0.199 e. The predicted octanol–water partition coefficient (Wildman–Crippen LogP) is 3.23. The van der Waals surface area contributed by atoms with Gasteiger partial charge in [-0.1, -0.05) is 28.1 Å². The molecule has 0 aliphatic carbocycles. The fraction of sp³-hybridized carbons (Fsp3) is 0.154. The normalized spacial score (nSPS) is 12.4. The Hall–Kier alpha value is -1.35. The van der Waals surface area contributed by atoms with Crippen LogP contribution in [0.3, 0.4) is 0 Å². The van der Waals surface area contributed by atoms with Crippen LogP contribution in [0.25, 0.3) is 0 Å². The minimum absolute atomic E-state index is 0.0937. The highest BCUT2D eigenvalue weighted by Crippen LogP contribution is 2.23. The average molecular weight is 278 g/mol. The van der Waals surface area contributed by atoms with Gasteiger partial charge in [-0.25, -0.2) is 0 Å². The molecule has 0 spiro atoms. The number of nitrogens with zero attached hydrogens (tertiary/aromatic N) is 1. The molecule has 1 atom stereocenters. The van der Waals surface area contributed by atoms with Crippen LogP contribution < -0.4 is 4.73 Å². The molecule has 0 saturated carbocycles. The Morgan fingerprint density at radius 3 is 2.69 bits per heavy atom. The largest absolute Gasteiger partial charge is 0.618 e. The molecule has 1 heterocycles. The number of hydrogen-bond acceptors (Lipinski definition) is 1. The third-order valence-corrected chi connectivity index (χ3v) is 3.14. The summed E-state index contributed by atoms with van der Waals surface area (Å²) in [5.41, 5.74) is 1.89. The molecule has 2 aromatic rings. The van der Waals surface area contributed by atoms with Crippen LogP contribution in [0.1, 0.15) is 24.1 Å². The Balaban J connectivity index is 2.39. The molecule has 0 aliphatic rings. The van der Waals surface area contributed by atoms with Gasteiger partial charge < -0.3 is 5.21 Å². The van der Waals surface area contributed by atoms with E-state index in [-0.39, 0.29) is 5.92 Å². The summed E-state index contributed by atoms with van der Waals surface area (Å²) in [5, 5.41) is 11.6. The Morgan fingerprint density at radius 2 is 2.00 bits per heavy atom. The molecule has 0 fully saturated rings. The number of benzene rings is 1. The summed E-state index contributed by atoms with van der Waals surface area (Å²) in [6.45, 7) is 2.03. The van der Waals surface area contributed by atoms with Crippen LogP contribution in [-0.2, 0) is 0 Å². The maximum absolute atomic E-state index is 11.6. The van der Waals surface area contributed by atoms with E-state index in [1.54, 1.807) is 6.07 Å². The van der Waals surface area contributed by atoms with Crippen molar-refractivity contribution >= 4 is 15.9 Å². The average Bonchev–Trinajstić information content (AvgIpc) is 2.29. The topological polar surface area (TPSA) is 26.9 Å². The molecule has 82 valence electrons. The first-order valence-corrected chi connectivity index (χ1v) is 5.91. The van der Waals surface area contributed by atoms with E-state index in [0.29, 0.717) is 0 Å². The molecule has 16 heavy (non-hydrogen) atoms. The summed E-state index contributed by atoms with van der Waals surface area (Å²) in [5.74, 6) is 0.0937. The van der Waals surface area contributed by atoms with Crippen molar-refractivity contribution in [3.8, 4) is 0 Å². The van der Waals surface area contributed by atoms with Gasteiger partial charge in [0, 0.05) is 16.6 Å². The first kappa shape index (κ1) is 11.1. The van der Waals surface area contributed by atoms with Crippen LogP contribution in [0, 0.1) is 5.21 Å². The molecule has 1 unspecified atom stereocenters. The van der Waals surface area contributed by atoms with Gasteiger partial charge in [-0.15, -0.1) is 0 Å². The Labute approximate surface area is 103 Å². The first-order valence-electron chi connectivity index (χ1n) is 5.12. The lowest BCUT2D eigenvalue weighted by molar-refractivity contribution is -0.614. The quantitative estimate of drug-likeness (QED) is 0.612. The van der Waals surface area contributed by atoms with Gasteiger partial charge >= 0.3 is 0 Å². The molecule has 0 bridgehead atoms. The molecule has 0 saturated heterocycles. The highest BCUT2D eigenvalue weighted by atomic mass is 79.9. The van der Waals surface area contributed by atoms with Crippen molar-refractivity contribution in [1.29, 1.82) is 0 Å². The van der Waals surface area contributed by atoms with Crippen molar-refractivity contribution in [3.05, 3.63) is 69.6 Å². The smallest absolute Gasteiger partial charge is 0.199 e. The maximum atomic E-state index is 11.6. The van der Waals surface area contributed by atoms with Crippen molar-refractivity contribution in [3.63, 3.8) is 0 Å². The molecule has 0 radical (unpaired) electrons. The van der Waals surface area contributed by atoms with E-state index < -0.39 is 0 Å². The fourth-order valence-corrected chi connectivity index (χ4v) is 2.14. The van der Waals surface area contributed by atoms with Crippen LogP contribution in [0.5, 0.6) is 0 Å². The third kappa shape index (κ3) is 2.25. The van der Waals surface area contributed by atoms with Crippen molar-refractivity contribution < 1.29 is 4.73 Å². The standard InChI is InChI=1S/C13H12BrNO/c1-10(11-5-4-6-12(14)9-11)13-7-2-3-8-15(13)16/h2-10H,1H3. The Bertz CT molecular complexity index is 499. The summed E-state index contributed by atoms with van der Waals surface area (Å²) in [4.78, 5) is 0. The molecule has 3 heteroatoms. The van der Waals surface area contributed by atoms with Gasteiger partial charge in [0.25, 0.3) is 0 Å². The Morgan fingerprint density at radius 1 is 1.19 bits per heavy atom. The van der Waals surface area contributed by atoms with Crippen LogP contribution in [0.2, 0.25) is 0 Å². The second-order valence-corrected chi connectivity index (χ2v) is 4.64. The van der Waals surface area contributed by atoms with Gasteiger partial charge in [-0.2, -0.15) is 4.73 Å². The number of pyridine rings is 1. The van der Waals surface area contributed by atoms with Crippen molar-refractivity contribution in [1.82, 2.24) is 0 Å². The van der Waals surface area contributed by atoms with Crippen LogP contribution in [0.15, 0.2) is 53.1 Å². The second kappa shape index (κ2) is 4.66. The molecule has 1 aromatic heterocycles. The fourth-order valence-electron chi connectivity index (χ4n) is 1.72. The summed E-state index contributed by atoms with van der Waals surface area (Å²) >= 11 is 3.44. The van der Waals surface area contributed by atoms with E-state index in [4.69, 9.17) is 0 Å². The predicted molar refractivity (Wildman–Crippen MR) is 67.1 cm³/mol. The van der Waals surface area contributed by atoms with Gasteiger partial charge in [0.05, 0.1) is 5.92 Å². The van der Waals surface area contributed by atoms with Crippen LogP contribution in [0.4, 0.5) is 0 Å². The third-order valence-electron chi connectivity index (χ3n) is 2.65. The molecule has 0 N–H and O–H groups in total. The lowest BCUT2D eigenvalue weighted by Crippen LogP contribution is -2.32. The lowest BCUT2D eigenvalue weighted by Gasteiger charge is -2.12. The number of hydrogen-bond donors (Lipinski definition) is 0. The highest BCUT2D eigenvalue weighted by molar-refractivity contribution is 9.10. The monoisotopic (exact) mass is 277 g/mol. The molecular formula is C13H12BrNO. The first-order chi connectivity index (χ1) is 7.68. The molecule has 2 nitrogen and oxygen atoms in total. The molecule has 0 aliphatic heterocycles. The zero-order valence-electron chi connectivity index (χ0n) is 8.93. The number of aromatic nitrogens is 1. The van der Waals surface area contributed by atoms with Gasteiger partial charge in [0.1, 0.15) is 0 Å². The van der Waals surface area contributed by atoms with E-state index in [2.05, 4.69) is 15.9 Å². The minimum atomic E-state index is 0.0937. The number of rotatable bonds is 2. The summed E-state index contributed by atoms with van der Waals surface area (Å²) in [6.07, 6.45) is 1.53. The van der Waals surface area contributed by atoms with E-state index >= 15 is 0 Å². The summed E-state index contributed by atoms with van der Waals surface area (Å²) in [6, 6.07) is 13.5. The minimum Gasteiger partial charge on any atom is -0.618 e. The van der Waals surface area contributed by atoms with Crippen LogP contribution >= 0.6 is 15.9 Å². The van der Waals surface area contributed by atoms with Gasteiger partial charge in [-0.3, -0.25) is 0 Å². The SMILES string of the molecule is CC(c1cccc(Br)c1)c1cccc[n+]1[O-]. The van der Waals surface area contributed by atoms with Crippen molar-refractivity contribution in [2.75, 3.05) is 0 Å². The van der Waals surface area contributed by atoms with Crippen molar-refractivity contribution in [2.45, 2.75) is 12.8 Å². The van der Waals surface area contributed by atoms with Gasteiger partial charge in [0.2, 0.25) is 0 Å². The van der Waals surface area contributed by atoms with E-state index in [9.17, 15) is 5.21 Å². The molecule has 2 rings (SSSR count). The highest BCUT2D eigenvalue weighted by Gasteiger charge is 2.16. The van der Waals surface area contributed by atoms with Gasteiger partial charge in [-0.05, 0) is 30.7 Å². The number of halogens is 1. The molecular weight excluding hydrogens is 266 g/mol. The Kier molecular flexibility index (Phi) is 3.25. The zero-order valence-corrected chi connectivity index (χ0v) is 10.5. The molecule has 1 aromatic carbocycles. The zero-order chi connectivity index (χ0) is 11.5. The molecule has 0 amide bonds. The van der Waals surface area contributed by atoms with E-state index in [1.807, 2.05) is 43.3 Å².